The molecule has 8 nitrogen and oxygen atoms in total. The van der Waals surface area contributed by atoms with E-state index >= 15 is 0 Å². The zero-order chi connectivity index (χ0) is 17.8. The van der Waals surface area contributed by atoms with Gasteiger partial charge in [-0.05, 0) is 31.4 Å². The highest BCUT2D eigenvalue weighted by atomic mass is 19.1. The van der Waals surface area contributed by atoms with E-state index in [2.05, 4.69) is 20.6 Å². The summed E-state index contributed by atoms with van der Waals surface area (Å²) < 4.78 is 13.4. The molecule has 1 saturated carbocycles. The zero-order valence-corrected chi connectivity index (χ0v) is 13.4. The summed E-state index contributed by atoms with van der Waals surface area (Å²) in [4.78, 5) is 18.9. The molecule has 0 unspecified atom stereocenters. The van der Waals surface area contributed by atoms with Gasteiger partial charge in [0.1, 0.15) is 5.82 Å². The Balaban J connectivity index is 1.83. The first-order valence-corrected chi connectivity index (χ1v) is 8.01. The molecule has 3 rings (SSSR count). The second-order valence-electron chi connectivity index (χ2n) is 5.83. The van der Waals surface area contributed by atoms with Crippen molar-refractivity contribution in [2.45, 2.75) is 25.2 Å². The van der Waals surface area contributed by atoms with Crippen LogP contribution in [0.15, 0.2) is 24.3 Å². The van der Waals surface area contributed by atoms with Crippen molar-refractivity contribution in [2.24, 2.45) is 0 Å². The minimum atomic E-state index is -0.886. The Morgan fingerprint density at radius 3 is 2.80 bits per heavy atom. The highest BCUT2D eigenvalue weighted by Crippen LogP contribution is 2.40. The summed E-state index contributed by atoms with van der Waals surface area (Å²) in [5.41, 5.74) is 0.665. The van der Waals surface area contributed by atoms with Gasteiger partial charge in [0, 0.05) is 36.9 Å². The number of halogens is 1. The minimum absolute atomic E-state index is 0.0691. The van der Waals surface area contributed by atoms with Crippen molar-refractivity contribution in [2.75, 3.05) is 23.8 Å². The Kier molecular flexibility index (Phi) is 5.03. The highest BCUT2D eigenvalue weighted by molar-refractivity contribution is 5.61. The van der Waals surface area contributed by atoms with Crippen LogP contribution >= 0.6 is 0 Å². The monoisotopic (exact) mass is 347 g/mol. The fourth-order valence-corrected chi connectivity index (χ4v) is 2.35. The van der Waals surface area contributed by atoms with Gasteiger partial charge in [-0.25, -0.2) is 4.98 Å². The molecule has 1 aromatic heterocycles. The molecule has 0 spiro atoms. The smallest absolute Gasteiger partial charge is 0.306 e. The summed E-state index contributed by atoms with van der Waals surface area (Å²) in [5, 5.41) is 25.7. The van der Waals surface area contributed by atoms with E-state index in [1.54, 1.807) is 6.07 Å². The minimum Gasteiger partial charge on any atom is -0.396 e. The van der Waals surface area contributed by atoms with E-state index in [0.29, 0.717) is 36.3 Å². The molecule has 1 heterocycles. The maximum atomic E-state index is 13.4. The summed E-state index contributed by atoms with van der Waals surface area (Å²) in [6.07, 6.45) is 2.70. The lowest BCUT2D eigenvalue weighted by atomic mass is 10.2. The van der Waals surface area contributed by atoms with E-state index in [1.807, 2.05) is 0 Å². The summed E-state index contributed by atoms with van der Waals surface area (Å²) >= 11 is 0. The van der Waals surface area contributed by atoms with Gasteiger partial charge in [-0.15, -0.1) is 0 Å². The van der Waals surface area contributed by atoms with E-state index in [-0.39, 0.29) is 6.61 Å². The van der Waals surface area contributed by atoms with Crippen LogP contribution in [0.25, 0.3) is 0 Å². The summed E-state index contributed by atoms with van der Waals surface area (Å²) in [5.74, 6) is 0.411. The fourth-order valence-electron chi connectivity index (χ4n) is 2.35. The fraction of sp³-hybridized carbons (Fsp3) is 0.375. The first-order valence-electron chi connectivity index (χ1n) is 8.01. The van der Waals surface area contributed by atoms with Crippen LogP contribution in [0.2, 0.25) is 0 Å². The Bertz CT molecular complexity index is 782. The number of aliphatic hydroxyl groups is 1. The quantitative estimate of drug-likeness (QED) is 0.382. The number of aromatic nitrogens is 2. The van der Waals surface area contributed by atoms with Crippen molar-refractivity contribution in [1.82, 2.24) is 9.97 Å². The van der Waals surface area contributed by atoms with Gasteiger partial charge in [-0.3, -0.25) is 10.1 Å². The zero-order valence-electron chi connectivity index (χ0n) is 13.4. The lowest BCUT2D eigenvalue weighted by Gasteiger charge is -2.11. The molecule has 0 saturated heterocycles. The molecule has 0 amide bonds. The van der Waals surface area contributed by atoms with Gasteiger partial charge in [-0.2, -0.15) is 9.37 Å². The number of hydrogen-bond donors (Lipinski definition) is 3. The standard InChI is InChI=1S/C16H18FN5O3/c17-12-5-4-11(8-14(12)22(24)25)19-15-9-13(10-2-3-10)20-16(21-15)18-6-1-7-23/h4-5,8-10,23H,1-3,6-7H2,(H2,18,19,20,21). The first kappa shape index (κ1) is 17.0. The summed E-state index contributed by atoms with van der Waals surface area (Å²) in [6.45, 7) is 0.603. The van der Waals surface area contributed by atoms with E-state index in [9.17, 15) is 14.5 Å². The number of nitro groups is 1. The van der Waals surface area contributed by atoms with Gasteiger partial charge in [0.25, 0.3) is 0 Å². The highest BCUT2D eigenvalue weighted by Gasteiger charge is 2.26. The summed E-state index contributed by atoms with van der Waals surface area (Å²) in [6, 6.07) is 5.39. The molecule has 132 valence electrons. The summed E-state index contributed by atoms with van der Waals surface area (Å²) in [7, 11) is 0. The van der Waals surface area contributed by atoms with Crippen molar-refractivity contribution in [3.05, 3.63) is 45.9 Å². The Hall–Kier alpha value is -2.81. The predicted molar refractivity (Wildman–Crippen MR) is 90.5 cm³/mol. The number of hydrogen-bond acceptors (Lipinski definition) is 7. The number of nitro benzene ring substituents is 1. The Morgan fingerprint density at radius 2 is 2.12 bits per heavy atom. The average molecular weight is 347 g/mol. The molecule has 1 aliphatic rings. The van der Waals surface area contributed by atoms with Gasteiger partial charge in [0.05, 0.1) is 10.6 Å². The predicted octanol–water partition coefficient (Wildman–Crippen LogP) is 2.94. The van der Waals surface area contributed by atoms with E-state index in [1.165, 1.54) is 6.07 Å². The normalized spacial score (nSPS) is 13.5. The van der Waals surface area contributed by atoms with Crippen LogP contribution < -0.4 is 10.6 Å². The molecule has 0 atom stereocenters. The maximum absolute atomic E-state index is 13.4. The van der Waals surface area contributed by atoms with Gasteiger partial charge >= 0.3 is 5.69 Å². The van der Waals surface area contributed by atoms with Crippen molar-refractivity contribution in [1.29, 1.82) is 0 Å². The number of nitrogens with zero attached hydrogens (tertiary/aromatic N) is 3. The molecular weight excluding hydrogens is 329 g/mol. The van der Waals surface area contributed by atoms with E-state index in [0.717, 1.165) is 30.7 Å². The molecular formula is C16H18FN5O3. The topological polar surface area (TPSA) is 113 Å². The van der Waals surface area contributed by atoms with Crippen molar-refractivity contribution < 1.29 is 14.4 Å². The van der Waals surface area contributed by atoms with Gasteiger partial charge < -0.3 is 15.7 Å². The van der Waals surface area contributed by atoms with Crippen LogP contribution in [0.5, 0.6) is 0 Å². The molecule has 3 N–H and O–H groups in total. The molecule has 0 aliphatic heterocycles. The third-order valence-electron chi connectivity index (χ3n) is 3.77. The third kappa shape index (κ3) is 4.38. The molecule has 2 aromatic rings. The average Bonchev–Trinajstić information content (AvgIpc) is 3.41. The SMILES string of the molecule is O=[N+]([O-])c1cc(Nc2cc(C3CC3)nc(NCCCO)n2)ccc1F. The number of anilines is 3. The van der Waals surface area contributed by atoms with Crippen LogP contribution in [-0.4, -0.2) is 33.1 Å². The molecule has 1 aromatic carbocycles. The van der Waals surface area contributed by atoms with Crippen LogP contribution in [0, 0.1) is 15.9 Å². The van der Waals surface area contributed by atoms with Gasteiger partial charge in [-0.1, -0.05) is 0 Å². The van der Waals surface area contributed by atoms with Gasteiger partial charge in [0.15, 0.2) is 0 Å². The molecule has 25 heavy (non-hydrogen) atoms. The molecule has 0 radical (unpaired) electrons. The third-order valence-corrected chi connectivity index (χ3v) is 3.77. The largest absolute Gasteiger partial charge is 0.396 e. The number of nitrogens with one attached hydrogen (secondary N) is 2. The maximum Gasteiger partial charge on any atom is 0.306 e. The van der Waals surface area contributed by atoms with Crippen LogP contribution in [0.1, 0.15) is 30.9 Å². The lowest BCUT2D eigenvalue weighted by molar-refractivity contribution is -0.387. The number of aliphatic hydroxyl groups excluding tert-OH is 1. The van der Waals surface area contributed by atoms with Crippen LogP contribution in [-0.2, 0) is 0 Å². The molecule has 1 fully saturated rings. The van der Waals surface area contributed by atoms with E-state index < -0.39 is 16.4 Å². The number of benzene rings is 1. The molecule has 9 heteroatoms. The Morgan fingerprint density at radius 1 is 1.32 bits per heavy atom. The number of rotatable bonds is 8. The van der Waals surface area contributed by atoms with Gasteiger partial charge in [0.2, 0.25) is 11.8 Å². The van der Waals surface area contributed by atoms with Crippen molar-refractivity contribution >= 4 is 23.1 Å². The van der Waals surface area contributed by atoms with E-state index in [4.69, 9.17) is 5.11 Å². The van der Waals surface area contributed by atoms with Crippen molar-refractivity contribution in [3.63, 3.8) is 0 Å². The second-order valence-corrected chi connectivity index (χ2v) is 5.83. The molecule has 0 bridgehead atoms. The molecule has 1 aliphatic carbocycles. The van der Waals surface area contributed by atoms with Crippen LogP contribution in [0.4, 0.5) is 27.5 Å². The first-order chi connectivity index (χ1) is 12.1. The Labute approximate surface area is 143 Å². The van der Waals surface area contributed by atoms with Crippen LogP contribution in [0.3, 0.4) is 0 Å². The lowest BCUT2D eigenvalue weighted by Crippen LogP contribution is -2.09. The second kappa shape index (κ2) is 7.39. The van der Waals surface area contributed by atoms with Crippen molar-refractivity contribution in [3.8, 4) is 0 Å².